The first-order valence-electron chi connectivity index (χ1n) is 8.04. The van der Waals surface area contributed by atoms with Crippen LogP contribution in [-0.4, -0.2) is 23.5 Å². The molecule has 0 saturated carbocycles. The van der Waals surface area contributed by atoms with Gasteiger partial charge in [-0.15, -0.1) is 22.7 Å². The summed E-state index contributed by atoms with van der Waals surface area (Å²) in [6.07, 6.45) is 0. The average molecular weight is 409 g/mol. The minimum Gasteiger partial charge on any atom is -0.450 e. The number of thiophene rings is 1. The molecule has 0 aliphatic rings. The molecule has 4 aromatic rings. The van der Waals surface area contributed by atoms with E-state index in [1.54, 1.807) is 17.5 Å². The minimum absolute atomic E-state index is 0.0177. The largest absolute Gasteiger partial charge is 0.450 e. The van der Waals surface area contributed by atoms with Crippen LogP contribution in [0.25, 0.3) is 21.0 Å². The average Bonchev–Trinajstić information content (AvgIpc) is 3.43. The Morgan fingerprint density at radius 2 is 2.07 bits per heavy atom. The molecular formula is C19H11N3O4S2. The lowest BCUT2D eigenvalue weighted by Crippen LogP contribution is -2.20. The van der Waals surface area contributed by atoms with Crippen molar-refractivity contribution in [2.45, 2.75) is 0 Å². The van der Waals surface area contributed by atoms with Gasteiger partial charge < -0.3 is 14.5 Å². The lowest BCUT2D eigenvalue weighted by Gasteiger charge is -2.04. The molecule has 0 spiro atoms. The smallest absolute Gasteiger partial charge is 0.374 e. The number of carbonyl (C=O) groups is 2. The first kappa shape index (κ1) is 17.9. The molecule has 1 N–H and O–H groups in total. The normalized spacial score (nSPS) is 10.5. The second-order valence-electron chi connectivity index (χ2n) is 5.55. The van der Waals surface area contributed by atoms with Gasteiger partial charge in [-0.05, 0) is 35.7 Å². The summed E-state index contributed by atoms with van der Waals surface area (Å²) >= 11 is 2.67. The summed E-state index contributed by atoms with van der Waals surface area (Å²) in [7, 11) is 0. The molecule has 0 unspecified atom stereocenters. The molecule has 28 heavy (non-hydrogen) atoms. The van der Waals surface area contributed by atoms with E-state index < -0.39 is 18.5 Å². The summed E-state index contributed by atoms with van der Waals surface area (Å²) in [6.45, 7) is -0.487. The van der Waals surface area contributed by atoms with Gasteiger partial charge in [0.05, 0.1) is 15.8 Å². The topological polar surface area (TPSA) is 105 Å². The summed E-state index contributed by atoms with van der Waals surface area (Å²) in [5, 5.41) is 14.2. The van der Waals surface area contributed by atoms with Gasteiger partial charge in [-0.3, -0.25) is 4.79 Å². The third-order valence-corrected chi connectivity index (χ3v) is 5.57. The maximum absolute atomic E-state index is 12.1. The summed E-state index contributed by atoms with van der Waals surface area (Å²) in [5.74, 6) is -0.856. The number of fused-ring (bicyclic) bond motifs is 1. The molecule has 0 bridgehead atoms. The SMILES string of the molecule is N#Cc1ccsc1NC(=O)COC(=O)c1ccc(-c2nc3ccccc3s2)o1. The standard InChI is InChI=1S/C19H11N3O4S2/c20-9-11-7-8-27-17(11)22-16(23)10-25-19(24)14-6-5-13(26-14)18-21-12-3-1-2-4-15(12)28-18/h1-8H,10H2,(H,22,23). The Kier molecular flexibility index (Phi) is 4.89. The predicted molar refractivity (Wildman–Crippen MR) is 105 cm³/mol. The van der Waals surface area contributed by atoms with E-state index in [2.05, 4.69) is 10.3 Å². The molecule has 1 amide bonds. The highest BCUT2D eigenvalue weighted by molar-refractivity contribution is 7.21. The van der Waals surface area contributed by atoms with Crippen LogP contribution in [0.15, 0.2) is 52.3 Å². The van der Waals surface area contributed by atoms with Crippen molar-refractivity contribution in [3.63, 3.8) is 0 Å². The number of furan rings is 1. The van der Waals surface area contributed by atoms with Crippen LogP contribution in [0, 0.1) is 11.3 Å². The van der Waals surface area contributed by atoms with Crippen molar-refractivity contribution >= 4 is 49.8 Å². The van der Waals surface area contributed by atoms with Crippen molar-refractivity contribution < 1.29 is 18.7 Å². The highest BCUT2D eigenvalue weighted by Crippen LogP contribution is 2.31. The van der Waals surface area contributed by atoms with E-state index in [0.717, 1.165) is 10.2 Å². The van der Waals surface area contributed by atoms with E-state index in [1.165, 1.54) is 28.7 Å². The number of aromatic nitrogens is 1. The van der Waals surface area contributed by atoms with Gasteiger partial charge in [-0.2, -0.15) is 5.26 Å². The maximum atomic E-state index is 12.1. The molecule has 138 valence electrons. The van der Waals surface area contributed by atoms with Crippen molar-refractivity contribution in [2.24, 2.45) is 0 Å². The molecule has 3 heterocycles. The molecule has 0 aliphatic carbocycles. The summed E-state index contributed by atoms with van der Waals surface area (Å²) in [6, 6.07) is 14.4. The molecule has 0 aliphatic heterocycles. The molecule has 3 aromatic heterocycles. The van der Waals surface area contributed by atoms with Gasteiger partial charge in [-0.1, -0.05) is 12.1 Å². The summed E-state index contributed by atoms with van der Waals surface area (Å²) in [4.78, 5) is 28.5. The van der Waals surface area contributed by atoms with Crippen LogP contribution in [0.5, 0.6) is 0 Å². The van der Waals surface area contributed by atoms with Gasteiger partial charge in [0.2, 0.25) is 5.76 Å². The van der Waals surface area contributed by atoms with Crippen LogP contribution in [0.1, 0.15) is 16.1 Å². The minimum atomic E-state index is -0.755. The second kappa shape index (κ2) is 7.64. The fourth-order valence-electron chi connectivity index (χ4n) is 2.40. The number of esters is 1. The highest BCUT2D eigenvalue weighted by atomic mass is 32.1. The maximum Gasteiger partial charge on any atom is 0.374 e. The molecule has 7 nitrogen and oxygen atoms in total. The van der Waals surface area contributed by atoms with Crippen molar-refractivity contribution in [3.05, 3.63) is 59.2 Å². The number of ether oxygens (including phenoxy) is 1. The third-order valence-electron chi connectivity index (χ3n) is 3.68. The lowest BCUT2D eigenvalue weighted by atomic mass is 10.3. The number of benzene rings is 1. The predicted octanol–water partition coefficient (Wildman–Crippen LogP) is 4.28. The Hall–Kier alpha value is -3.48. The number of anilines is 1. The second-order valence-corrected chi connectivity index (χ2v) is 7.50. The van der Waals surface area contributed by atoms with Crippen LogP contribution >= 0.6 is 22.7 Å². The molecule has 0 saturated heterocycles. The number of hydrogen-bond acceptors (Lipinski definition) is 8. The third kappa shape index (κ3) is 3.64. The Morgan fingerprint density at radius 3 is 2.89 bits per heavy atom. The first-order chi connectivity index (χ1) is 13.6. The fourth-order valence-corrected chi connectivity index (χ4v) is 4.08. The zero-order chi connectivity index (χ0) is 19.5. The van der Waals surface area contributed by atoms with Gasteiger partial charge >= 0.3 is 5.97 Å². The number of amides is 1. The number of nitrogens with one attached hydrogen (secondary N) is 1. The number of carbonyl (C=O) groups excluding carboxylic acids is 2. The van der Waals surface area contributed by atoms with Gasteiger partial charge in [0, 0.05) is 0 Å². The van der Waals surface area contributed by atoms with E-state index in [-0.39, 0.29) is 5.76 Å². The molecule has 9 heteroatoms. The number of nitriles is 1. The first-order valence-corrected chi connectivity index (χ1v) is 9.74. The summed E-state index contributed by atoms with van der Waals surface area (Å²) < 4.78 is 11.5. The molecule has 0 radical (unpaired) electrons. The van der Waals surface area contributed by atoms with Crippen molar-refractivity contribution in [2.75, 3.05) is 11.9 Å². The van der Waals surface area contributed by atoms with E-state index in [9.17, 15) is 9.59 Å². The zero-order valence-corrected chi connectivity index (χ0v) is 15.8. The molecular weight excluding hydrogens is 398 g/mol. The van der Waals surface area contributed by atoms with Crippen LogP contribution in [0.2, 0.25) is 0 Å². The van der Waals surface area contributed by atoms with Crippen LogP contribution in [0.4, 0.5) is 5.00 Å². The Bertz CT molecular complexity index is 1180. The quantitative estimate of drug-likeness (QED) is 0.493. The van der Waals surface area contributed by atoms with Gasteiger partial charge in [0.25, 0.3) is 5.91 Å². The van der Waals surface area contributed by atoms with E-state index in [0.29, 0.717) is 21.3 Å². The van der Waals surface area contributed by atoms with Gasteiger partial charge in [0.1, 0.15) is 11.1 Å². The van der Waals surface area contributed by atoms with Crippen LogP contribution in [0.3, 0.4) is 0 Å². The van der Waals surface area contributed by atoms with Crippen molar-refractivity contribution in [3.8, 4) is 16.8 Å². The van der Waals surface area contributed by atoms with Gasteiger partial charge in [0.15, 0.2) is 17.4 Å². The molecule has 4 rings (SSSR count). The summed E-state index contributed by atoms with van der Waals surface area (Å²) in [5.41, 5.74) is 1.21. The molecule has 0 atom stereocenters. The Balaban J connectivity index is 1.39. The molecule has 0 fully saturated rings. The lowest BCUT2D eigenvalue weighted by molar-refractivity contribution is -0.119. The van der Waals surface area contributed by atoms with Crippen molar-refractivity contribution in [1.29, 1.82) is 5.26 Å². The van der Waals surface area contributed by atoms with E-state index in [1.807, 2.05) is 30.3 Å². The fraction of sp³-hybridized carbons (Fsp3) is 0.0526. The number of para-hydroxylation sites is 1. The Morgan fingerprint density at radius 1 is 1.21 bits per heavy atom. The monoisotopic (exact) mass is 409 g/mol. The van der Waals surface area contributed by atoms with Gasteiger partial charge in [-0.25, -0.2) is 9.78 Å². The number of rotatable bonds is 5. The zero-order valence-electron chi connectivity index (χ0n) is 14.2. The van der Waals surface area contributed by atoms with E-state index in [4.69, 9.17) is 14.4 Å². The number of nitrogens with zero attached hydrogens (tertiary/aromatic N) is 2. The Labute approximate surface area is 166 Å². The number of thiazole rings is 1. The molecule has 1 aromatic carbocycles. The van der Waals surface area contributed by atoms with Crippen molar-refractivity contribution in [1.82, 2.24) is 4.98 Å². The van der Waals surface area contributed by atoms with Crippen LogP contribution < -0.4 is 5.32 Å². The number of hydrogen-bond donors (Lipinski definition) is 1. The highest BCUT2D eigenvalue weighted by Gasteiger charge is 2.18. The van der Waals surface area contributed by atoms with Crippen LogP contribution in [-0.2, 0) is 9.53 Å². The van der Waals surface area contributed by atoms with E-state index >= 15 is 0 Å².